The van der Waals surface area contributed by atoms with Crippen LogP contribution < -0.4 is 5.19 Å². The van der Waals surface area contributed by atoms with Crippen LogP contribution in [0.4, 0.5) is 0 Å². The van der Waals surface area contributed by atoms with Crippen molar-refractivity contribution in [2.24, 2.45) is 0 Å². The number of fused-ring (bicyclic) bond motifs is 5. The number of rotatable bonds is 5. The van der Waals surface area contributed by atoms with Crippen LogP contribution in [0.15, 0.2) is 188 Å². The van der Waals surface area contributed by atoms with Crippen molar-refractivity contribution in [1.29, 1.82) is 0 Å². The van der Waals surface area contributed by atoms with Gasteiger partial charge in [0.05, 0.1) is 8.07 Å². The second-order valence-electron chi connectivity index (χ2n) is 15.6. The third kappa shape index (κ3) is 5.27. The number of hydrogen-bond donors (Lipinski definition) is 0. The highest BCUT2D eigenvalue weighted by atomic mass is 28.3. The van der Waals surface area contributed by atoms with Gasteiger partial charge in [-0.05, 0) is 104 Å². The van der Waals surface area contributed by atoms with Crippen LogP contribution in [0.25, 0.3) is 98.4 Å². The summed E-state index contributed by atoms with van der Waals surface area (Å²) >= 11 is 0. The third-order valence-corrected chi connectivity index (χ3v) is 13.5. The molecule has 0 heterocycles. The summed E-state index contributed by atoms with van der Waals surface area (Å²) in [5.74, 6) is 0. The highest BCUT2D eigenvalue weighted by molar-refractivity contribution is 6.88. The van der Waals surface area contributed by atoms with Crippen LogP contribution in [0, 0.1) is 0 Å². The molecule has 0 amide bonds. The van der Waals surface area contributed by atoms with Crippen LogP contribution in [0.1, 0.15) is 0 Å². The molecule has 0 N–H and O–H groups in total. The first kappa shape index (κ1) is 32.4. The Morgan fingerprint density at radius 2 is 0.759 bits per heavy atom. The molecular formula is C53H40Si. The van der Waals surface area contributed by atoms with Crippen molar-refractivity contribution in [2.45, 2.75) is 19.6 Å². The lowest BCUT2D eigenvalue weighted by Gasteiger charge is -2.23. The third-order valence-electron chi connectivity index (χ3n) is 11.4. The van der Waals surface area contributed by atoms with Crippen molar-refractivity contribution in [3.8, 4) is 44.5 Å². The largest absolute Gasteiger partial charge is 0.0776 e. The summed E-state index contributed by atoms with van der Waals surface area (Å²) in [6.07, 6.45) is 0. The Hall–Kier alpha value is -6.28. The quantitative estimate of drug-likeness (QED) is 0.124. The van der Waals surface area contributed by atoms with Crippen molar-refractivity contribution in [3.05, 3.63) is 188 Å². The lowest BCUT2D eigenvalue weighted by atomic mass is 9.83. The monoisotopic (exact) mass is 704 g/mol. The average molecular weight is 705 g/mol. The van der Waals surface area contributed by atoms with Crippen LogP contribution >= 0.6 is 0 Å². The van der Waals surface area contributed by atoms with Gasteiger partial charge in [0.25, 0.3) is 0 Å². The standard InChI is InChI=1S/C53H40Si/c1-54(2,3)39-27-28-50-51(34-39)53(48-24-14-13-23-47(48)52(50)38-26-25-35-15-7-8-18-37(35)33-38)49-32-31-46(43-21-11-12-22-44(43)49)45-30-29-40(36-16-5-4-6-17-36)41-19-9-10-20-42(41)45/h4-34H,1-3H3. The Kier molecular flexibility index (Phi) is 7.61. The van der Waals surface area contributed by atoms with E-state index in [1.165, 1.54) is 104 Å². The van der Waals surface area contributed by atoms with Crippen molar-refractivity contribution >= 4 is 67.1 Å². The van der Waals surface area contributed by atoms with E-state index in [0.717, 1.165) is 0 Å². The smallest absolute Gasteiger partial charge is 0.0656 e. The van der Waals surface area contributed by atoms with Crippen molar-refractivity contribution in [2.75, 3.05) is 0 Å². The maximum Gasteiger partial charge on any atom is 0.0776 e. The Bertz CT molecular complexity index is 3070. The maximum atomic E-state index is 2.53. The molecule has 0 saturated carbocycles. The van der Waals surface area contributed by atoms with Crippen LogP contribution in [-0.2, 0) is 0 Å². The second-order valence-corrected chi connectivity index (χ2v) is 20.7. The first-order valence-electron chi connectivity index (χ1n) is 19.0. The Labute approximate surface area is 318 Å². The maximum absolute atomic E-state index is 2.53. The molecule has 0 bridgehead atoms. The lowest BCUT2D eigenvalue weighted by molar-refractivity contribution is 1.63. The van der Waals surface area contributed by atoms with Gasteiger partial charge in [-0.3, -0.25) is 0 Å². The van der Waals surface area contributed by atoms with E-state index < -0.39 is 8.07 Å². The van der Waals surface area contributed by atoms with E-state index in [2.05, 4.69) is 208 Å². The molecule has 256 valence electrons. The molecule has 0 radical (unpaired) electrons. The van der Waals surface area contributed by atoms with Gasteiger partial charge < -0.3 is 0 Å². The van der Waals surface area contributed by atoms with Crippen LogP contribution in [0.3, 0.4) is 0 Å². The van der Waals surface area contributed by atoms with E-state index >= 15 is 0 Å². The second kappa shape index (κ2) is 12.7. The van der Waals surface area contributed by atoms with Gasteiger partial charge in [0.1, 0.15) is 0 Å². The average Bonchev–Trinajstić information content (AvgIpc) is 3.22. The van der Waals surface area contributed by atoms with Gasteiger partial charge in [-0.15, -0.1) is 0 Å². The van der Waals surface area contributed by atoms with Gasteiger partial charge in [-0.2, -0.15) is 0 Å². The van der Waals surface area contributed by atoms with Crippen LogP contribution in [0.5, 0.6) is 0 Å². The molecule has 1 heteroatoms. The van der Waals surface area contributed by atoms with Crippen molar-refractivity contribution in [1.82, 2.24) is 0 Å². The van der Waals surface area contributed by atoms with Crippen LogP contribution in [0.2, 0.25) is 19.6 Å². The molecule has 0 fully saturated rings. The van der Waals surface area contributed by atoms with Gasteiger partial charge in [0.15, 0.2) is 0 Å². The van der Waals surface area contributed by atoms with E-state index in [9.17, 15) is 0 Å². The molecule has 0 nitrogen and oxygen atoms in total. The van der Waals surface area contributed by atoms with Gasteiger partial charge in [0, 0.05) is 0 Å². The molecule has 10 aromatic carbocycles. The minimum Gasteiger partial charge on any atom is -0.0656 e. The number of hydrogen-bond acceptors (Lipinski definition) is 0. The fourth-order valence-corrected chi connectivity index (χ4v) is 9.91. The Balaban J connectivity index is 1.27. The van der Waals surface area contributed by atoms with Crippen LogP contribution in [-0.4, -0.2) is 8.07 Å². The van der Waals surface area contributed by atoms with Gasteiger partial charge in [-0.1, -0.05) is 207 Å². The molecule has 0 aliphatic heterocycles. The molecule has 10 rings (SSSR count). The predicted octanol–water partition coefficient (Wildman–Crippen LogP) is 14.7. The Morgan fingerprint density at radius 3 is 1.41 bits per heavy atom. The molecule has 10 aromatic rings. The Morgan fingerprint density at radius 1 is 0.278 bits per heavy atom. The topological polar surface area (TPSA) is 0 Å². The summed E-state index contributed by atoms with van der Waals surface area (Å²) in [6.45, 7) is 7.37. The van der Waals surface area contributed by atoms with E-state index in [4.69, 9.17) is 0 Å². The minimum absolute atomic E-state index is 1.24. The van der Waals surface area contributed by atoms with Gasteiger partial charge in [0.2, 0.25) is 0 Å². The van der Waals surface area contributed by atoms with E-state index in [-0.39, 0.29) is 0 Å². The fourth-order valence-electron chi connectivity index (χ4n) is 8.75. The highest BCUT2D eigenvalue weighted by Crippen LogP contribution is 2.47. The number of benzene rings is 10. The summed E-state index contributed by atoms with van der Waals surface area (Å²) in [5.41, 5.74) is 10.2. The zero-order valence-corrected chi connectivity index (χ0v) is 31.9. The molecular weight excluding hydrogens is 665 g/mol. The minimum atomic E-state index is -1.64. The molecule has 0 aliphatic carbocycles. The van der Waals surface area contributed by atoms with E-state index in [1.807, 2.05) is 0 Å². The first-order valence-corrected chi connectivity index (χ1v) is 22.5. The van der Waals surface area contributed by atoms with Crippen molar-refractivity contribution < 1.29 is 0 Å². The van der Waals surface area contributed by atoms with Crippen molar-refractivity contribution in [3.63, 3.8) is 0 Å². The summed E-state index contributed by atoms with van der Waals surface area (Å²) in [5, 5.41) is 14.3. The summed E-state index contributed by atoms with van der Waals surface area (Å²) < 4.78 is 0. The predicted molar refractivity (Wildman–Crippen MR) is 239 cm³/mol. The zero-order valence-electron chi connectivity index (χ0n) is 30.9. The molecule has 0 aliphatic rings. The molecule has 0 saturated heterocycles. The van der Waals surface area contributed by atoms with E-state index in [1.54, 1.807) is 0 Å². The summed E-state index contributed by atoms with van der Waals surface area (Å²) in [7, 11) is -1.64. The molecule has 54 heavy (non-hydrogen) atoms. The van der Waals surface area contributed by atoms with E-state index in [0.29, 0.717) is 0 Å². The molecule has 0 unspecified atom stereocenters. The molecule has 0 atom stereocenters. The molecule has 0 spiro atoms. The lowest BCUT2D eigenvalue weighted by Crippen LogP contribution is -2.37. The SMILES string of the molecule is C[Si](C)(C)c1ccc2c(-c3ccc4ccccc4c3)c3ccccc3c(-c3ccc(-c4ccc(-c5ccccc5)c5ccccc45)c4ccccc34)c2c1. The zero-order chi connectivity index (χ0) is 36.4. The summed E-state index contributed by atoms with van der Waals surface area (Å²) in [6, 6.07) is 70.2. The molecule has 0 aromatic heterocycles. The first-order chi connectivity index (χ1) is 26.4. The normalized spacial score (nSPS) is 12.0. The highest BCUT2D eigenvalue weighted by Gasteiger charge is 2.23. The van der Waals surface area contributed by atoms with Gasteiger partial charge >= 0.3 is 0 Å². The summed E-state index contributed by atoms with van der Waals surface area (Å²) in [4.78, 5) is 0. The fraction of sp³-hybridized carbons (Fsp3) is 0.0566. The van der Waals surface area contributed by atoms with Gasteiger partial charge in [-0.25, -0.2) is 0 Å².